The first kappa shape index (κ1) is 29.2. The van der Waals surface area contributed by atoms with Crippen LogP contribution >= 0.6 is 11.3 Å². The Balaban J connectivity index is 0.869. The average molecular weight is 729 g/mol. The SMILES string of the molecule is c1ccc2cc3c(cc2c1)oc1cc2c(cc13)[nH]c1c3ccc(-c4ccc5c(ccc6c7cc8[nH]c9c%10ccccc%10ccc9c8cc7sc56)c4)cc3ccc21. The second kappa shape index (κ2) is 10.3. The lowest BCUT2D eigenvalue weighted by molar-refractivity contribution is 0.670. The number of rotatable bonds is 1. The van der Waals surface area contributed by atoms with E-state index in [2.05, 4.69) is 168 Å². The summed E-state index contributed by atoms with van der Waals surface area (Å²) in [5, 5.41) is 19.9. The molecule has 4 heterocycles. The van der Waals surface area contributed by atoms with Gasteiger partial charge in [-0.1, -0.05) is 109 Å². The molecule has 0 fully saturated rings. The van der Waals surface area contributed by atoms with Gasteiger partial charge in [-0.05, 0) is 92.0 Å². The van der Waals surface area contributed by atoms with Gasteiger partial charge in [0.05, 0.1) is 11.0 Å². The first-order chi connectivity index (χ1) is 27.7. The fraction of sp³-hybridized carbons (Fsp3) is 0. The van der Waals surface area contributed by atoms with Crippen molar-refractivity contribution in [2.24, 2.45) is 0 Å². The van der Waals surface area contributed by atoms with E-state index < -0.39 is 0 Å². The van der Waals surface area contributed by atoms with Crippen LogP contribution in [0.5, 0.6) is 0 Å². The zero-order chi connectivity index (χ0) is 36.2. The lowest BCUT2D eigenvalue weighted by atomic mass is 9.97. The smallest absolute Gasteiger partial charge is 0.136 e. The standard InChI is InChI=1S/C52H28N2OS/c1-2-7-29-22-47-42(21-28(29)6-1)43-23-45-40(25-48(43)55-47)37-17-12-32-19-30(10-14-35(32)51(37)53-45)31-11-15-36-33(20-31)13-18-39-44-24-46-41(26-49(44)56-52(36)39)38-16-9-27-5-3-4-8-34(27)50(38)54-46/h1-26,53-54H. The summed E-state index contributed by atoms with van der Waals surface area (Å²) in [6.07, 6.45) is 0. The van der Waals surface area contributed by atoms with Crippen LogP contribution in [0.3, 0.4) is 0 Å². The van der Waals surface area contributed by atoms with Crippen molar-refractivity contribution in [1.82, 2.24) is 9.97 Å². The van der Waals surface area contributed by atoms with Crippen molar-refractivity contribution in [3.63, 3.8) is 0 Å². The van der Waals surface area contributed by atoms with Gasteiger partial charge in [-0.15, -0.1) is 11.3 Å². The molecule has 0 bridgehead atoms. The third-order valence-electron chi connectivity index (χ3n) is 12.5. The molecule has 14 rings (SSSR count). The first-order valence-electron chi connectivity index (χ1n) is 19.1. The van der Waals surface area contributed by atoms with Crippen molar-refractivity contribution >= 4 is 140 Å². The predicted octanol–water partition coefficient (Wildman–Crippen LogP) is 15.5. The molecule has 0 aliphatic rings. The van der Waals surface area contributed by atoms with Gasteiger partial charge in [-0.3, -0.25) is 0 Å². The molecule has 14 aromatic rings. The number of hydrogen-bond acceptors (Lipinski definition) is 2. The Morgan fingerprint density at radius 2 is 0.893 bits per heavy atom. The Hall–Kier alpha value is -7.14. The second-order valence-corrected chi connectivity index (χ2v) is 16.5. The Kier molecular flexibility index (Phi) is 5.40. The van der Waals surface area contributed by atoms with Crippen LogP contribution in [0.4, 0.5) is 0 Å². The van der Waals surface area contributed by atoms with Gasteiger partial charge in [0, 0.05) is 74.3 Å². The second-order valence-electron chi connectivity index (χ2n) is 15.4. The maximum atomic E-state index is 6.43. The maximum Gasteiger partial charge on any atom is 0.136 e. The molecule has 258 valence electrons. The number of furan rings is 1. The molecule has 0 saturated heterocycles. The minimum atomic E-state index is 0.920. The molecule has 0 atom stereocenters. The van der Waals surface area contributed by atoms with Gasteiger partial charge < -0.3 is 14.4 Å². The van der Waals surface area contributed by atoms with Crippen LogP contribution in [0.1, 0.15) is 0 Å². The number of aromatic nitrogens is 2. The summed E-state index contributed by atoms with van der Waals surface area (Å²) in [6, 6.07) is 58.2. The Morgan fingerprint density at radius 1 is 0.339 bits per heavy atom. The predicted molar refractivity (Wildman–Crippen MR) is 241 cm³/mol. The molecule has 0 unspecified atom stereocenters. The molecule has 2 N–H and O–H groups in total. The average Bonchev–Trinajstić information content (AvgIpc) is 4.00. The molecule has 0 aliphatic heterocycles. The van der Waals surface area contributed by atoms with Crippen LogP contribution in [-0.2, 0) is 0 Å². The minimum absolute atomic E-state index is 0.920. The summed E-state index contributed by atoms with van der Waals surface area (Å²) >= 11 is 1.91. The summed E-state index contributed by atoms with van der Waals surface area (Å²) < 4.78 is 9.10. The van der Waals surface area contributed by atoms with Crippen LogP contribution in [0, 0.1) is 0 Å². The topological polar surface area (TPSA) is 44.7 Å². The highest BCUT2D eigenvalue weighted by atomic mass is 32.1. The number of hydrogen-bond donors (Lipinski definition) is 2. The highest BCUT2D eigenvalue weighted by Gasteiger charge is 2.17. The maximum absolute atomic E-state index is 6.43. The fourth-order valence-electron chi connectivity index (χ4n) is 9.72. The summed E-state index contributed by atoms with van der Waals surface area (Å²) in [6.45, 7) is 0. The molecule has 0 radical (unpaired) electrons. The van der Waals surface area contributed by atoms with Gasteiger partial charge in [0.25, 0.3) is 0 Å². The van der Waals surface area contributed by atoms with Gasteiger partial charge in [0.1, 0.15) is 11.2 Å². The number of thiophene rings is 1. The first-order valence-corrected chi connectivity index (χ1v) is 20.0. The van der Waals surface area contributed by atoms with E-state index in [-0.39, 0.29) is 0 Å². The van der Waals surface area contributed by atoms with E-state index in [0.29, 0.717) is 0 Å². The molecule has 4 aromatic heterocycles. The van der Waals surface area contributed by atoms with Gasteiger partial charge >= 0.3 is 0 Å². The Labute approximate surface area is 322 Å². The summed E-state index contributed by atoms with van der Waals surface area (Å²) in [5.41, 5.74) is 8.99. The zero-order valence-corrected chi connectivity index (χ0v) is 30.6. The minimum Gasteiger partial charge on any atom is -0.456 e. The van der Waals surface area contributed by atoms with Crippen LogP contribution < -0.4 is 0 Å². The summed E-state index contributed by atoms with van der Waals surface area (Å²) in [5.74, 6) is 0. The highest BCUT2D eigenvalue weighted by Crippen LogP contribution is 2.44. The molecule has 0 spiro atoms. The molecular formula is C52H28N2OS. The van der Waals surface area contributed by atoms with E-state index in [4.69, 9.17) is 4.42 Å². The van der Waals surface area contributed by atoms with E-state index in [1.807, 2.05) is 11.3 Å². The van der Waals surface area contributed by atoms with Crippen molar-refractivity contribution in [2.75, 3.05) is 0 Å². The van der Waals surface area contributed by atoms with Gasteiger partial charge in [0.2, 0.25) is 0 Å². The van der Waals surface area contributed by atoms with E-state index >= 15 is 0 Å². The zero-order valence-electron chi connectivity index (χ0n) is 29.8. The molecule has 0 aliphatic carbocycles. The molecule has 0 saturated carbocycles. The molecule has 56 heavy (non-hydrogen) atoms. The van der Waals surface area contributed by atoms with E-state index in [1.54, 1.807) is 0 Å². The third kappa shape index (κ3) is 3.86. The summed E-state index contributed by atoms with van der Waals surface area (Å²) in [7, 11) is 0. The lowest BCUT2D eigenvalue weighted by Crippen LogP contribution is -1.82. The van der Waals surface area contributed by atoms with Crippen molar-refractivity contribution in [1.29, 1.82) is 0 Å². The molecular weight excluding hydrogens is 701 g/mol. The number of benzene rings is 10. The van der Waals surface area contributed by atoms with Crippen LogP contribution in [0.15, 0.2) is 162 Å². The summed E-state index contributed by atoms with van der Waals surface area (Å²) in [4.78, 5) is 7.57. The quantitative estimate of drug-likeness (QED) is 0.174. The van der Waals surface area contributed by atoms with Crippen molar-refractivity contribution in [3.8, 4) is 11.1 Å². The van der Waals surface area contributed by atoms with E-state index in [0.717, 1.165) is 33.0 Å². The lowest BCUT2D eigenvalue weighted by Gasteiger charge is -2.08. The van der Waals surface area contributed by atoms with E-state index in [9.17, 15) is 0 Å². The van der Waals surface area contributed by atoms with Crippen molar-refractivity contribution < 1.29 is 4.42 Å². The Morgan fingerprint density at radius 3 is 1.68 bits per heavy atom. The molecule has 4 heteroatoms. The third-order valence-corrected chi connectivity index (χ3v) is 13.7. The molecule has 0 amide bonds. The van der Waals surface area contributed by atoms with Crippen LogP contribution in [0.2, 0.25) is 0 Å². The van der Waals surface area contributed by atoms with Gasteiger partial charge in [0.15, 0.2) is 0 Å². The van der Waals surface area contributed by atoms with E-state index in [1.165, 1.54) is 107 Å². The van der Waals surface area contributed by atoms with Crippen LogP contribution in [0.25, 0.3) is 140 Å². The van der Waals surface area contributed by atoms with Crippen LogP contribution in [-0.4, -0.2) is 9.97 Å². The normalized spacial score (nSPS) is 12.6. The van der Waals surface area contributed by atoms with Crippen molar-refractivity contribution in [3.05, 3.63) is 158 Å². The monoisotopic (exact) mass is 728 g/mol. The number of nitrogens with one attached hydrogen (secondary N) is 2. The largest absolute Gasteiger partial charge is 0.456 e. The molecule has 10 aromatic carbocycles. The molecule has 3 nitrogen and oxygen atoms in total. The number of fused-ring (bicyclic) bond motifs is 19. The van der Waals surface area contributed by atoms with Gasteiger partial charge in [-0.2, -0.15) is 0 Å². The Bertz CT molecular complexity index is 3980. The highest BCUT2D eigenvalue weighted by molar-refractivity contribution is 7.26. The fourth-order valence-corrected chi connectivity index (χ4v) is 11.0. The number of H-pyrrole nitrogens is 2. The van der Waals surface area contributed by atoms with Crippen molar-refractivity contribution in [2.45, 2.75) is 0 Å². The number of aromatic amines is 2. The van der Waals surface area contributed by atoms with Gasteiger partial charge in [-0.25, -0.2) is 0 Å².